The first-order chi connectivity index (χ1) is 13.4. The lowest BCUT2D eigenvalue weighted by molar-refractivity contribution is 0.153. The fraction of sp³-hybridized carbons (Fsp3) is 0.650. The van der Waals surface area contributed by atoms with E-state index in [0.29, 0.717) is 19.2 Å². The van der Waals surface area contributed by atoms with Crippen molar-refractivity contribution in [2.45, 2.75) is 32.4 Å². The fourth-order valence-electron chi connectivity index (χ4n) is 3.21. The number of ether oxygens (including phenoxy) is 1. The molecule has 1 heterocycles. The normalized spacial score (nSPS) is 16.9. The molecule has 1 fully saturated rings. The number of hydrogen-bond donors (Lipinski definition) is 2. The average molecular weight is 411 g/mol. The molecular weight excluding hydrogens is 376 g/mol. The van der Waals surface area contributed by atoms with Crippen molar-refractivity contribution in [1.82, 2.24) is 15.5 Å². The number of aryl methyl sites for hydroxylation is 1. The summed E-state index contributed by atoms with van der Waals surface area (Å²) < 4.78 is 27.5. The van der Waals surface area contributed by atoms with Crippen molar-refractivity contribution in [1.29, 1.82) is 0 Å². The van der Waals surface area contributed by atoms with Crippen LogP contribution in [0.15, 0.2) is 29.3 Å². The average Bonchev–Trinajstić information content (AvgIpc) is 2.66. The van der Waals surface area contributed by atoms with Gasteiger partial charge in [0.25, 0.3) is 0 Å². The molecule has 2 N–H and O–H groups in total. The zero-order valence-corrected chi connectivity index (χ0v) is 18.1. The predicted octanol–water partition coefficient (Wildman–Crippen LogP) is 1.19. The van der Waals surface area contributed by atoms with Crippen molar-refractivity contribution in [2.24, 2.45) is 4.99 Å². The Bertz CT molecular complexity index is 729. The Morgan fingerprint density at radius 3 is 2.61 bits per heavy atom. The van der Waals surface area contributed by atoms with E-state index in [9.17, 15) is 8.42 Å². The number of rotatable bonds is 9. The highest BCUT2D eigenvalue weighted by molar-refractivity contribution is 7.90. The first-order valence-corrected chi connectivity index (χ1v) is 11.9. The first-order valence-electron chi connectivity index (χ1n) is 9.87. The molecule has 8 heteroatoms. The van der Waals surface area contributed by atoms with E-state index in [-0.39, 0.29) is 12.4 Å². The van der Waals surface area contributed by atoms with Crippen molar-refractivity contribution in [2.75, 3.05) is 51.9 Å². The number of nitrogens with zero attached hydrogens (tertiary/aromatic N) is 2. The van der Waals surface area contributed by atoms with Gasteiger partial charge in [0, 0.05) is 45.5 Å². The molecule has 2 rings (SSSR count). The summed E-state index contributed by atoms with van der Waals surface area (Å²) >= 11 is 0. The van der Waals surface area contributed by atoms with Gasteiger partial charge in [0.1, 0.15) is 9.84 Å². The maximum atomic E-state index is 11.1. The summed E-state index contributed by atoms with van der Waals surface area (Å²) in [5.41, 5.74) is 2.76. The van der Waals surface area contributed by atoms with Crippen molar-refractivity contribution >= 4 is 15.8 Å². The van der Waals surface area contributed by atoms with E-state index in [1.807, 2.05) is 0 Å². The zero-order valence-electron chi connectivity index (χ0n) is 17.3. The number of benzene rings is 1. The van der Waals surface area contributed by atoms with E-state index in [1.54, 1.807) is 7.05 Å². The van der Waals surface area contributed by atoms with Crippen molar-refractivity contribution in [3.63, 3.8) is 0 Å². The van der Waals surface area contributed by atoms with Crippen LogP contribution in [0, 0.1) is 6.92 Å². The van der Waals surface area contributed by atoms with Crippen LogP contribution in [0.1, 0.15) is 24.0 Å². The second kappa shape index (κ2) is 11.4. The summed E-state index contributed by atoms with van der Waals surface area (Å²) in [6.07, 6.45) is 3.38. The minimum absolute atomic E-state index is 0.0566. The summed E-state index contributed by atoms with van der Waals surface area (Å²) in [6, 6.07) is 8.99. The molecule has 0 aromatic heterocycles. The quantitative estimate of drug-likeness (QED) is 0.361. The third-order valence-corrected chi connectivity index (χ3v) is 5.85. The summed E-state index contributed by atoms with van der Waals surface area (Å²) in [5.74, 6) is 0.824. The Hall–Kier alpha value is -1.64. The summed E-state index contributed by atoms with van der Waals surface area (Å²) in [6.45, 7) is 6.59. The van der Waals surface area contributed by atoms with Gasteiger partial charge in [-0.05, 0) is 30.9 Å². The fourth-order valence-corrected chi connectivity index (χ4v) is 3.63. The Labute approximate surface area is 169 Å². The first kappa shape index (κ1) is 22.6. The minimum atomic E-state index is -2.96. The molecule has 1 aliphatic heterocycles. The molecule has 0 aliphatic carbocycles. The van der Waals surface area contributed by atoms with Gasteiger partial charge in [0.2, 0.25) is 0 Å². The third-order valence-electron chi connectivity index (χ3n) is 4.94. The predicted molar refractivity (Wildman–Crippen MR) is 115 cm³/mol. The van der Waals surface area contributed by atoms with Gasteiger partial charge >= 0.3 is 0 Å². The van der Waals surface area contributed by atoms with E-state index < -0.39 is 9.84 Å². The van der Waals surface area contributed by atoms with Crippen LogP contribution in [0.25, 0.3) is 0 Å². The van der Waals surface area contributed by atoms with E-state index in [1.165, 1.54) is 17.4 Å². The van der Waals surface area contributed by atoms with Crippen molar-refractivity contribution < 1.29 is 13.2 Å². The van der Waals surface area contributed by atoms with Gasteiger partial charge in [0.05, 0.1) is 19.0 Å². The summed E-state index contributed by atoms with van der Waals surface area (Å²) in [7, 11) is -1.21. The number of piperidine rings is 1. The second-order valence-electron chi connectivity index (χ2n) is 7.36. The highest BCUT2D eigenvalue weighted by atomic mass is 32.2. The van der Waals surface area contributed by atoms with E-state index in [0.717, 1.165) is 38.4 Å². The van der Waals surface area contributed by atoms with Crippen LogP contribution >= 0.6 is 0 Å². The second-order valence-corrected chi connectivity index (χ2v) is 9.62. The van der Waals surface area contributed by atoms with Crippen LogP contribution in [0.3, 0.4) is 0 Å². The van der Waals surface area contributed by atoms with E-state index in [2.05, 4.69) is 51.7 Å². The van der Waals surface area contributed by atoms with Gasteiger partial charge in [-0.1, -0.05) is 24.3 Å². The Morgan fingerprint density at radius 1 is 1.25 bits per heavy atom. The maximum absolute atomic E-state index is 11.1. The van der Waals surface area contributed by atoms with Gasteiger partial charge < -0.3 is 15.4 Å². The standard InChI is InChI=1S/C20H34N4O3S/c1-17-6-4-5-7-18(17)16-24-11-8-19(9-12-24)23-20(21-2)22-10-13-27-14-15-28(3,25)26/h4-7,19H,8-16H2,1-3H3,(H2,21,22,23). The minimum Gasteiger partial charge on any atom is -0.379 e. The lowest BCUT2D eigenvalue weighted by atomic mass is 10.0. The number of hydrogen-bond acceptors (Lipinski definition) is 5. The van der Waals surface area contributed by atoms with Crippen molar-refractivity contribution in [3.05, 3.63) is 35.4 Å². The molecule has 0 unspecified atom stereocenters. The Morgan fingerprint density at radius 2 is 1.96 bits per heavy atom. The van der Waals surface area contributed by atoms with Gasteiger partial charge in [-0.15, -0.1) is 0 Å². The highest BCUT2D eigenvalue weighted by Crippen LogP contribution is 2.16. The molecule has 0 saturated carbocycles. The number of nitrogens with one attached hydrogen (secondary N) is 2. The Kier molecular flexibility index (Phi) is 9.21. The SMILES string of the molecule is CN=C(NCCOCCS(C)(=O)=O)NC1CCN(Cc2ccccc2C)CC1. The van der Waals surface area contributed by atoms with Crippen LogP contribution in [0.5, 0.6) is 0 Å². The zero-order chi connectivity index (χ0) is 20.4. The number of aliphatic imine (C=N–C) groups is 1. The molecule has 7 nitrogen and oxygen atoms in total. The van der Waals surface area contributed by atoms with Crippen LogP contribution in [-0.4, -0.2) is 77.2 Å². The van der Waals surface area contributed by atoms with Gasteiger partial charge in [0.15, 0.2) is 5.96 Å². The summed E-state index contributed by atoms with van der Waals surface area (Å²) in [5, 5.41) is 6.70. The molecule has 1 saturated heterocycles. The van der Waals surface area contributed by atoms with E-state index in [4.69, 9.17) is 4.74 Å². The molecule has 0 amide bonds. The number of likely N-dealkylation sites (tertiary alicyclic amines) is 1. The smallest absolute Gasteiger partial charge is 0.191 e. The molecule has 1 aliphatic rings. The monoisotopic (exact) mass is 410 g/mol. The molecule has 158 valence electrons. The van der Waals surface area contributed by atoms with Crippen LogP contribution in [0.4, 0.5) is 0 Å². The van der Waals surface area contributed by atoms with Gasteiger partial charge in [-0.3, -0.25) is 9.89 Å². The molecular formula is C20H34N4O3S. The largest absolute Gasteiger partial charge is 0.379 e. The maximum Gasteiger partial charge on any atom is 0.191 e. The van der Waals surface area contributed by atoms with Crippen LogP contribution in [-0.2, 0) is 21.1 Å². The molecule has 0 atom stereocenters. The van der Waals surface area contributed by atoms with Gasteiger partial charge in [-0.25, -0.2) is 8.42 Å². The molecule has 1 aromatic rings. The lowest BCUT2D eigenvalue weighted by Crippen LogP contribution is -2.49. The molecule has 28 heavy (non-hydrogen) atoms. The van der Waals surface area contributed by atoms with Crippen molar-refractivity contribution in [3.8, 4) is 0 Å². The molecule has 0 bridgehead atoms. The van der Waals surface area contributed by atoms with Crippen LogP contribution < -0.4 is 10.6 Å². The molecule has 0 spiro atoms. The summed E-state index contributed by atoms with van der Waals surface area (Å²) in [4.78, 5) is 6.77. The third kappa shape index (κ3) is 8.58. The van der Waals surface area contributed by atoms with Gasteiger partial charge in [-0.2, -0.15) is 0 Å². The Balaban J connectivity index is 1.63. The number of sulfone groups is 1. The molecule has 0 radical (unpaired) electrons. The molecule has 1 aromatic carbocycles. The highest BCUT2D eigenvalue weighted by Gasteiger charge is 2.20. The lowest BCUT2D eigenvalue weighted by Gasteiger charge is -2.33. The topological polar surface area (TPSA) is 83.0 Å². The van der Waals surface area contributed by atoms with Crippen LogP contribution in [0.2, 0.25) is 0 Å². The number of guanidine groups is 1. The van der Waals surface area contributed by atoms with E-state index >= 15 is 0 Å².